The first-order valence-corrected chi connectivity index (χ1v) is 8.95. The maximum Gasteiger partial charge on any atom is 0.269 e. The zero-order chi connectivity index (χ0) is 19.4. The molecule has 1 heterocycles. The number of nitro groups is 1. The van der Waals surface area contributed by atoms with Crippen LogP contribution in [0.15, 0.2) is 42.5 Å². The van der Waals surface area contributed by atoms with Crippen LogP contribution >= 0.6 is 11.6 Å². The van der Waals surface area contributed by atoms with Gasteiger partial charge in [-0.3, -0.25) is 19.7 Å². The lowest BCUT2D eigenvalue weighted by molar-refractivity contribution is -0.384. The van der Waals surface area contributed by atoms with E-state index in [9.17, 15) is 19.7 Å². The van der Waals surface area contributed by atoms with Gasteiger partial charge in [-0.15, -0.1) is 0 Å². The number of rotatable bonds is 6. The van der Waals surface area contributed by atoms with Gasteiger partial charge in [0.05, 0.1) is 4.92 Å². The van der Waals surface area contributed by atoms with Crippen molar-refractivity contribution in [1.82, 2.24) is 5.32 Å². The van der Waals surface area contributed by atoms with Gasteiger partial charge < -0.3 is 10.2 Å². The Bertz CT molecular complexity index is 883. The smallest absolute Gasteiger partial charge is 0.269 e. The first kappa shape index (κ1) is 18.8. The number of carbonyl (C=O) groups excluding carboxylic acids is 2. The molecule has 140 valence electrons. The van der Waals surface area contributed by atoms with E-state index < -0.39 is 4.92 Å². The normalized spacial score (nSPS) is 12.6. The van der Waals surface area contributed by atoms with Crippen molar-refractivity contribution in [2.24, 2.45) is 0 Å². The molecule has 0 spiro atoms. The summed E-state index contributed by atoms with van der Waals surface area (Å²) in [7, 11) is 0. The number of hydrogen-bond donors (Lipinski definition) is 1. The van der Waals surface area contributed by atoms with Gasteiger partial charge in [-0.25, -0.2) is 0 Å². The summed E-state index contributed by atoms with van der Waals surface area (Å²) in [5, 5.41) is 14.2. The number of carbonyl (C=O) groups is 2. The number of nitrogens with one attached hydrogen (secondary N) is 1. The van der Waals surface area contributed by atoms with Gasteiger partial charge >= 0.3 is 0 Å². The molecule has 0 atom stereocenters. The number of nitrogens with zero attached hydrogens (tertiary/aromatic N) is 2. The van der Waals surface area contributed by atoms with Crippen molar-refractivity contribution >= 4 is 34.8 Å². The number of fused-ring (bicyclic) bond motifs is 1. The lowest BCUT2D eigenvalue weighted by Crippen LogP contribution is -2.30. The number of amides is 2. The van der Waals surface area contributed by atoms with E-state index in [1.165, 1.54) is 12.1 Å². The van der Waals surface area contributed by atoms with Crippen LogP contribution in [-0.4, -0.2) is 29.8 Å². The molecule has 2 aromatic carbocycles. The van der Waals surface area contributed by atoms with Gasteiger partial charge in [0.2, 0.25) is 5.91 Å². The van der Waals surface area contributed by atoms with Crippen molar-refractivity contribution in [3.63, 3.8) is 0 Å². The van der Waals surface area contributed by atoms with Gasteiger partial charge in [0.15, 0.2) is 0 Å². The second-order valence-corrected chi connectivity index (χ2v) is 6.67. The van der Waals surface area contributed by atoms with E-state index in [-0.39, 0.29) is 23.9 Å². The first-order valence-electron chi connectivity index (χ1n) is 8.57. The van der Waals surface area contributed by atoms with E-state index in [0.717, 1.165) is 11.3 Å². The lowest BCUT2D eigenvalue weighted by atomic mass is 10.1. The number of hydrogen-bond acceptors (Lipinski definition) is 4. The molecule has 0 aliphatic carbocycles. The molecule has 0 fully saturated rings. The number of anilines is 1. The van der Waals surface area contributed by atoms with Gasteiger partial charge in [-0.05, 0) is 48.7 Å². The Labute approximate surface area is 161 Å². The third kappa shape index (κ3) is 4.43. The summed E-state index contributed by atoms with van der Waals surface area (Å²) in [5.74, 6) is -0.263. The number of halogens is 1. The van der Waals surface area contributed by atoms with E-state index in [0.29, 0.717) is 36.5 Å². The molecule has 8 heteroatoms. The Morgan fingerprint density at radius 3 is 2.63 bits per heavy atom. The van der Waals surface area contributed by atoms with Gasteiger partial charge in [0.1, 0.15) is 0 Å². The lowest BCUT2D eigenvalue weighted by Gasteiger charge is -2.17. The predicted octanol–water partition coefficient (Wildman–Crippen LogP) is 3.35. The third-order valence-electron chi connectivity index (χ3n) is 4.43. The maximum absolute atomic E-state index is 12.4. The molecule has 0 saturated heterocycles. The van der Waals surface area contributed by atoms with Gasteiger partial charge in [-0.1, -0.05) is 11.6 Å². The minimum absolute atomic E-state index is 0.0351. The topological polar surface area (TPSA) is 92.6 Å². The Morgan fingerprint density at radius 2 is 1.93 bits per heavy atom. The van der Waals surface area contributed by atoms with Crippen LogP contribution in [0.25, 0.3) is 0 Å². The molecule has 0 unspecified atom stereocenters. The molecule has 3 rings (SSSR count). The van der Waals surface area contributed by atoms with Gasteiger partial charge in [-0.2, -0.15) is 0 Å². The summed E-state index contributed by atoms with van der Waals surface area (Å²) < 4.78 is 0. The van der Waals surface area contributed by atoms with Crippen molar-refractivity contribution in [3.05, 3.63) is 68.7 Å². The summed E-state index contributed by atoms with van der Waals surface area (Å²) in [6.45, 7) is 0.903. The Balaban J connectivity index is 1.49. The number of benzene rings is 2. The second-order valence-electron chi connectivity index (χ2n) is 6.23. The summed E-state index contributed by atoms with van der Waals surface area (Å²) >= 11 is 5.79. The Hall–Kier alpha value is -2.93. The molecular formula is C19H18ClN3O4. The van der Waals surface area contributed by atoms with E-state index in [1.807, 2.05) is 0 Å². The van der Waals surface area contributed by atoms with E-state index in [1.54, 1.807) is 35.2 Å². The zero-order valence-corrected chi connectivity index (χ0v) is 15.2. The highest BCUT2D eigenvalue weighted by Gasteiger charge is 2.25. The molecule has 7 nitrogen and oxygen atoms in total. The third-order valence-corrected chi connectivity index (χ3v) is 4.68. The SMILES string of the molecule is O=C(NCCCC(=O)N1CCc2cc([N+](=O)[O-])ccc21)c1ccc(Cl)cc1. The highest BCUT2D eigenvalue weighted by atomic mass is 35.5. The number of nitro benzene ring substituents is 1. The minimum atomic E-state index is -0.436. The van der Waals surface area contributed by atoms with Crippen LogP contribution in [-0.2, 0) is 11.2 Å². The molecule has 27 heavy (non-hydrogen) atoms. The fourth-order valence-electron chi connectivity index (χ4n) is 3.04. The van der Waals surface area contributed by atoms with Crippen LogP contribution in [0.1, 0.15) is 28.8 Å². The molecule has 0 bridgehead atoms. The molecule has 1 N–H and O–H groups in total. The molecule has 0 saturated carbocycles. The standard InChI is InChI=1S/C19H18ClN3O4/c20-15-5-3-13(4-6-15)19(25)21-10-1-2-18(24)22-11-9-14-12-16(23(26)27)7-8-17(14)22/h3-8,12H,1-2,9-11H2,(H,21,25). The fraction of sp³-hybridized carbons (Fsp3) is 0.263. The second kappa shape index (κ2) is 8.18. The summed E-state index contributed by atoms with van der Waals surface area (Å²) in [6, 6.07) is 11.1. The predicted molar refractivity (Wildman–Crippen MR) is 102 cm³/mol. The van der Waals surface area contributed by atoms with Crippen molar-refractivity contribution < 1.29 is 14.5 Å². The minimum Gasteiger partial charge on any atom is -0.352 e. The summed E-state index contributed by atoms with van der Waals surface area (Å²) in [5.41, 5.74) is 2.10. The highest BCUT2D eigenvalue weighted by molar-refractivity contribution is 6.30. The van der Waals surface area contributed by atoms with Gasteiger partial charge in [0, 0.05) is 47.9 Å². The van der Waals surface area contributed by atoms with E-state index in [4.69, 9.17) is 11.6 Å². The average Bonchev–Trinajstić information content (AvgIpc) is 3.08. The average molecular weight is 388 g/mol. The molecule has 0 aromatic heterocycles. The quantitative estimate of drug-likeness (QED) is 0.467. The van der Waals surface area contributed by atoms with Crippen LogP contribution in [0.5, 0.6) is 0 Å². The molecular weight excluding hydrogens is 370 g/mol. The van der Waals surface area contributed by atoms with Crippen LogP contribution in [0.2, 0.25) is 5.02 Å². The fourth-order valence-corrected chi connectivity index (χ4v) is 3.17. The van der Waals surface area contributed by atoms with Crippen LogP contribution in [0, 0.1) is 10.1 Å². The Morgan fingerprint density at radius 1 is 1.19 bits per heavy atom. The molecule has 2 amide bonds. The summed E-state index contributed by atoms with van der Waals surface area (Å²) in [4.78, 5) is 36.5. The highest BCUT2D eigenvalue weighted by Crippen LogP contribution is 2.31. The van der Waals surface area contributed by atoms with Crippen molar-refractivity contribution in [1.29, 1.82) is 0 Å². The van der Waals surface area contributed by atoms with Gasteiger partial charge in [0.25, 0.3) is 11.6 Å². The monoisotopic (exact) mass is 387 g/mol. The van der Waals surface area contributed by atoms with E-state index in [2.05, 4.69) is 5.32 Å². The molecule has 2 aromatic rings. The molecule has 0 radical (unpaired) electrons. The van der Waals surface area contributed by atoms with Crippen molar-refractivity contribution in [3.8, 4) is 0 Å². The van der Waals surface area contributed by atoms with E-state index >= 15 is 0 Å². The van der Waals surface area contributed by atoms with Crippen molar-refractivity contribution in [2.45, 2.75) is 19.3 Å². The molecule has 1 aliphatic heterocycles. The summed E-state index contributed by atoms with van der Waals surface area (Å²) in [6.07, 6.45) is 1.41. The van der Waals surface area contributed by atoms with Crippen molar-refractivity contribution in [2.75, 3.05) is 18.0 Å². The zero-order valence-electron chi connectivity index (χ0n) is 14.5. The van der Waals surface area contributed by atoms with Crippen LogP contribution in [0.3, 0.4) is 0 Å². The van der Waals surface area contributed by atoms with Crippen LogP contribution in [0.4, 0.5) is 11.4 Å². The number of non-ortho nitro benzene ring substituents is 1. The maximum atomic E-state index is 12.4. The van der Waals surface area contributed by atoms with Crippen LogP contribution < -0.4 is 10.2 Å². The molecule has 1 aliphatic rings. The largest absolute Gasteiger partial charge is 0.352 e. The first-order chi connectivity index (χ1) is 13.0. The Kier molecular flexibility index (Phi) is 5.71.